The normalized spacial score (nSPS) is 30.2. The zero-order chi connectivity index (χ0) is 20.5. The molecular formula is C23H32O4P2. The molecule has 1 aromatic carbocycles. The predicted octanol–water partition coefficient (Wildman–Crippen LogP) is 5.70. The van der Waals surface area contributed by atoms with Crippen molar-refractivity contribution < 1.29 is 18.8 Å². The highest BCUT2D eigenvalue weighted by Crippen LogP contribution is 2.42. The first-order valence-corrected chi connectivity index (χ1v) is 13.2. The van der Waals surface area contributed by atoms with Crippen LogP contribution in [0.4, 0.5) is 0 Å². The van der Waals surface area contributed by atoms with Gasteiger partial charge in [0.25, 0.3) is 0 Å². The van der Waals surface area contributed by atoms with E-state index in [-0.39, 0.29) is 18.2 Å². The molecule has 1 heterocycles. The highest BCUT2D eigenvalue weighted by molar-refractivity contribution is 8.00. The minimum Gasteiger partial charge on any atom is -0.491 e. The molecule has 158 valence electrons. The molecule has 4 nitrogen and oxygen atoms in total. The summed E-state index contributed by atoms with van der Waals surface area (Å²) in [6.45, 7) is 2.74. The van der Waals surface area contributed by atoms with E-state index in [1.807, 2.05) is 30.3 Å². The fourth-order valence-corrected chi connectivity index (χ4v) is 5.12. The molecule has 6 heteroatoms. The van der Waals surface area contributed by atoms with Gasteiger partial charge in [-0.3, -0.25) is 4.79 Å². The van der Waals surface area contributed by atoms with E-state index in [1.54, 1.807) is 0 Å². The van der Waals surface area contributed by atoms with E-state index < -0.39 is 0 Å². The van der Waals surface area contributed by atoms with Gasteiger partial charge in [0.05, 0.1) is 0 Å². The molecule has 0 amide bonds. The van der Waals surface area contributed by atoms with Gasteiger partial charge >= 0.3 is 5.97 Å². The molecule has 29 heavy (non-hydrogen) atoms. The number of carbonyl (C=O) groups is 1. The van der Waals surface area contributed by atoms with Crippen LogP contribution in [0, 0.1) is 17.8 Å². The molecule has 3 rings (SSSR count). The largest absolute Gasteiger partial charge is 0.491 e. The molecule has 0 N–H and O–H groups in total. The van der Waals surface area contributed by atoms with Gasteiger partial charge in [0.15, 0.2) is 0 Å². The van der Waals surface area contributed by atoms with Crippen molar-refractivity contribution in [2.75, 3.05) is 6.61 Å². The van der Waals surface area contributed by atoms with Crippen molar-refractivity contribution in [3.8, 4) is 5.75 Å². The van der Waals surface area contributed by atoms with Crippen LogP contribution < -0.4 is 4.74 Å². The van der Waals surface area contributed by atoms with E-state index in [0.29, 0.717) is 39.3 Å². The van der Waals surface area contributed by atoms with E-state index in [4.69, 9.17) is 14.0 Å². The highest BCUT2D eigenvalue weighted by Gasteiger charge is 2.41. The average molecular weight is 434 g/mol. The maximum atomic E-state index is 12.1. The Morgan fingerprint density at radius 1 is 1.31 bits per heavy atom. The van der Waals surface area contributed by atoms with Crippen LogP contribution in [0.1, 0.15) is 39.0 Å². The lowest BCUT2D eigenvalue weighted by Crippen LogP contribution is -2.25. The number of hydrogen-bond donors (Lipinski definition) is 0. The Labute approximate surface area is 178 Å². The number of ether oxygens (including phenoxy) is 2. The summed E-state index contributed by atoms with van der Waals surface area (Å²) in [4.78, 5) is 12.1. The van der Waals surface area contributed by atoms with Gasteiger partial charge in [-0.15, -0.1) is 0 Å². The standard InChI is InChI=1S/C23H32O4P2/c1-17-15-22-21(11-7-2-3-8-12-23(24)26-22)20(17)14-13-19(27-29-28)16-25-18-9-5-4-6-10-18/h2,4-7,9-10,13-14,17,19-22,29H,3,8,11-12,15-16,28H2,1H3/b7-2-,14-13+/t17-,19-,20+,21?,22+/m1/s1. The molecule has 7 atom stereocenters. The minimum atomic E-state index is -0.102. The smallest absolute Gasteiger partial charge is 0.306 e. The van der Waals surface area contributed by atoms with Gasteiger partial charge < -0.3 is 14.0 Å². The first kappa shape index (κ1) is 22.5. The van der Waals surface area contributed by atoms with Crippen molar-refractivity contribution >= 4 is 23.4 Å². The second kappa shape index (κ2) is 11.8. The summed E-state index contributed by atoms with van der Waals surface area (Å²) in [5.74, 6) is 1.97. The van der Waals surface area contributed by atoms with Gasteiger partial charge in [0.1, 0.15) is 24.6 Å². The summed E-state index contributed by atoms with van der Waals surface area (Å²) in [7, 11) is 2.95. The third-order valence-electron chi connectivity index (χ3n) is 5.77. The molecule has 0 saturated heterocycles. The summed E-state index contributed by atoms with van der Waals surface area (Å²) >= 11 is 0. The van der Waals surface area contributed by atoms with Gasteiger partial charge in [-0.1, -0.05) is 58.4 Å². The molecule has 2 aliphatic rings. The van der Waals surface area contributed by atoms with Crippen LogP contribution in [-0.4, -0.2) is 24.8 Å². The fraction of sp³-hybridized carbons (Fsp3) is 0.522. The third-order valence-corrected chi connectivity index (χ3v) is 6.61. The van der Waals surface area contributed by atoms with E-state index in [2.05, 4.69) is 40.2 Å². The number of allylic oxidation sites excluding steroid dienone is 3. The van der Waals surface area contributed by atoms with E-state index in [0.717, 1.165) is 31.4 Å². The summed E-state index contributed by atoms with van der Waals surface area (Å²) in [5.41, 5.74) is 0. The van der Waals surface area contributed by atoms with Gasteiger partial charge in [-0.25, -0.2) is 0 Å². The third kappa shape index (κ3) is 6.92. The molecule has 1 aliphatic carbocycles. The Bertz CT molecular complexity index is 691. The van der Waals surface area contributed by atoms with Crippen LogP contribution in [0.25, 0.3) is 0 Å². The molecular weight excluding hydrogens is 402 g/mol. The second-order valence-corrected chi connectivity index (χ2v) is 9.04. The van der Waals surface area contributed by atoms with Crippen LogP contribution >= 0.6 is 17.4 Å². The maximum Gasteiger partial charge on any atom is 0.306 e. The van der Waals surface area contributed by atoms with Crippen molar-refractivity contribution in [1.29, 1.82) is 0 Å². The van der Waals surface area contributed by atoms with Crippen LogP contribution in [-0.2, 0) is 14.1 Å². The quantitative estimate of drug-likeness (QED) is 0.314. The summed E-state index contributed by atoms with van der Waals surface area (Å²) < 4.78 is 17.6. The number of fused-ring (bicyclic) bond motifs is 1. The molecule has 3 unspecified atom stereocenters. The van der Waals surface area contributed by atoms with Crippen LogP contribution in [0.2, 0.25) is 0 Å². The molecule has 0 aromatic heterocycles. The molecule has 1 aliphatic heterocycles. The SMILES string of the molecule is C[C@@H]1C[C@@H]2OC(=O)CCC/C=C\CC2[C@H]1/C=C/[C@H](COc1ccccc1)OPP. The molecule has 1 aromatic rings. The second-order valence-electron chi connectivity index (χ2n) is 7.86. The van der Waals surface area contributed by atoms with Gasteiger partial charge in [-0.05, 0) is 49.7 Å². The van der Waals surface area contributed by atoms with Gasteiger partial charge in [0, 0.05) is 20.8 Å². The van der Waals surface area contributed by atoms with Crippen molar-refractivity contribution in [3.63, 3.8) is 0 Å². The maximum absolute atomic E-state index is 12.1. The van der Waals surface area contributed by atoms with E-state index in [9.17, 15) is 4.79 Å². The summed E-state index contributed by atoms with van der Waals surface area (Å²) in [5, 5.41) is 0. The Morgan fingerprint density at radius 3 is 2.93 bits per heavy atom. The van der Waals surface area contributed by atoms with Crippen molar-refractivity contribution in [2.24, 2.45) is 17.8 Å². The van der Waals surface area contributed by atoms with Crippen molar-refractivity contribution in [3.05, 3.63) is 54.6 Å². The number of rotatable bonds is 7. The van der Waals surface area contributed by atoms with Crippen LogP contribution in [0.3, 0.4) is 0 Å². The van der Waals surface area contributed by atoms with Crippen LogP contribution in [0.5, 0.6) is 5.75 Å². The first-order valence-electron chi connectivity index (χ1n) is 10.5. The number of para-hydroxylation sites is 1. The predicted molar refractivity (Wildman–Crippen MR) is 122 cm³/mol. The lowest BCUT2D eigenvalue weighted by Gasteiger charge is -2.24. The Morgan fingerprint density at radius 2 is 2.14 bits per heavy atom. The topological polar surface area (TPSA) is 44.8 Å². The molecule has 0 radical (unpaired) electrons. The Balaban J connectivity index is 1.66. The number of carbonyl (C=O) groups excluding carboxylic acids is 1. The zero-order valence-electron chi connectivity index (χ0n) is 17.0. The van der Waals surface area contributed by atoms with Gasteiger partial charge in [-0.2, -0.15) is 0 Å². The highest BCUT2D eigenvalue weighted by atomic mass is 32.0. The van der Waals surface area contributed by atoms with Gasteiger partial charge in [0.2, 0.25) is 0 Å². The number of esters is 1. The lowest BCUT2D eigenvalue weighted by atomic mass is 9.86. The van der Waals surface area contributed by atoms with Crippen molar-refractivity contribution in [1.82, 2.24) is 0 Å². The first-order chi connectivity index (χ1) is 14.2. The lowest BCUT2D eigenvalue weighted by molar-refractivity contribution is -0.151. The minimum absolute atomic E-state index is 0.0124. The summed E-state index contributed by atoms with van der Waals surface area (Å²) in [6, 6.07) is 9.81. The molecule has 1 saturated carbocycles. The number of benzene rings is 1. The average Bonchev–Trinajstić information content (AvgIpc) is 3.01. The Hall–Kier alpha value is -1.21. The fourth-order valence-electron chi connectivity index (χ4n) is 4.27. The molecule has 0 bridgehead atoms. The number of hydrogen-bond acceptors (Lipinski definition) is 4. The molecule has 0 spiro atoms. The summed E-state index contributed by atoms with van der Waals surface area (Å²) in [6.07, 6.45) is 13.0. The van der Waals surface area contributed by atoms with E-state index in [1.165, 1.54) is 0 Å². The van der Waals surface area contributed by atoms with Crippen molar-refractivity contribution in [2.45, 2.75) is 51.2 Å². The molecule has 1 fully saturated rings. The van der Waals surface area contributed by atoms with E-state index >= 15 is 0 Å². The monoisotopic (exact) mass is 434 g/mol. The van der Waals surface area contributed by atoms with Crippen LogP contribution in [0.15, 0.2) is 54.6 Å². The Kier molecular flexibility index (Phi) is 9.18. The zero-order valence-corrected chi connectivity index (χ0v) is 19.2.